The van der Waals surface area contributed by atoms with Crippen molar-refractivity contribution in [3.05, 3.63) is 65.0 Å². The molecule has 2 N–H and O–H groups in total. The Balaban J connectivity index is 2.11. The third kappa shape index (κ3) is 3.36. The van der Waals surface area contributed by atoms with Crippen LogP contribution < -0.4 is 10.5 Å². The molecule has 0 saturated carbocycles. The molecule has 0 aliphatic rings. The van der Waals surface area contributed by atoms with E-state index in [4.69, 9.17) is 10.5 Å². The van der Waals surface area contributed by atoms with Gasteiger partial charge in [-0.15, -0.1) is 0 Å². The highest BCUT2D eigenvalue weighted by molar-refractivity contribution is 5.39. The predicted octanol–water partition coefficient (Wildman–Crippen LogP) is 3.78. The van der Waals surface area contributed by atoms with Crippen LogP contribution in [0.4, 0.5) is 4.39 Å². The zero-order chi connectivity index (χ0) is 14.5. The lowest BCUT2D eigenvalue weighted by Crippen LogP contribution is -2.13. The number of nitrogens with two attached hydrogens (primary N) is 1. The summed E-state index contributed by atoms with van der Waals surface area (Å²) in [4.78, 5) is 0. The molecule has 0 saturated heterocycles. The molecular weight excluding hydrogens is 253 g/mol. The maximum absolute atomic E-state index is 13.6. The first-order valence-corrected chi connectivity index (χ1v) is 6.75. The van der Waals surface area contributed by atoms with Gasteiger partial charge in [0.2, 0.25) is 0 Å². The molecule has 2 rings (SSSR count). The van der Waals surface area contributed by atoms with Crippen molar-refractivity contribution in [1.29, 1.82) is 0 Å². The van der Waals surface area contributed by atoms with Gasteiger partial charge in [-0.25, -0.2) is 4.39 Å². The fourth-order valence-electron chi connectivity index (χ4n) is 2.31. The zero-order valence-corrected chi connectivity index (χ0v) is 11.9. The van der Waals surface area contributed by atoms with E-state index >= 15 is 0 Å². The number of halogens is 1. The van der Waals surface area contributed by atoms with Crippen molar-refractivity contribution in [2.24, 2.45) is 5.73 Å². The van der Waals surface area contributed by atoms with Gasteiger partial charge in [0.1, 0.15) is 11.6 Å². The Bertz CT molecular complexity index is 583. The Labute approximate surface area is 119 Å². The van der Waals surface area contributed by atoms with Crippen molar-refractivity contribution in [1.82, 2.24) is 0 Å². The summed E-state index contributed by atoms with van der Waals surface area (Å²) in [5, 5.41) is 0. The third-order valence-electron chi connectivity index (χ3n) is 3.47. The van der Waals surface area contributed by atoms with Gasteiger partial charge in [-0.05, 0) is 37.5 Å². The molecule has 1 atom stereocenters. The summed E-state index contributed by atoms with van der Waals surface area (Å²) < 4.78 is 18.9. The van der Waals surface area contributed by atoms with Gasteiger partial charge in [0.25, 0.3) is 0 Å². The maximum atomic E-state index is 13.6. The van der Waals surface area contributed by atoms with Gasteiger partial charge < -0.3 is 10.5 Å². The van der Waals surface area contributed by atoms with Gasteiger partial charge in [-0.2, -0.15) is 0 Å². The summed E-state index contributed by atoms with van der Waals surface area (Å²) in [6.07, 6.45) is 1.30. The van der Waals surface area contributed by atoms with Crippen LogP contribution in [0.15, 0.2) is 42.5 Å². The molecule has 0 amide bonds. The van der Waals surface area contributed by atoms with Crippen molar-refractivity contribution < 1.29 is 9.13 Å². The van der Waals surface area contributed by atoms with Crippen LogP contribution in [0.1, 0.15) is 29.2 Å². The topological polar surface area (TPSA) is 35.2 Å². The lowest BCUT2D eigenvalue weighted by Gasteiger charge is -2.16. The molecule has 0 fully saturated rings. The molecule has 0 spiro atoms. The van der Waals surface area contributed by atoms with E-state index in [0.717, 1.165) is 16.9 Å². The number of ether oxygens (including phenoxy) is 1. The van der Waals surface area contributed by atoms with Crippen molar-refractivity contribution in [3.63, 3.8) is 0 Å². The molecule has 2 aromatic carbocycles. The monoisotopic (exact) mass is 273 g/mol. The summed E-state index contributed by atoms with van der Waals surface area (Å²) in [6.45, 7) is 2.02. The second kappa shape index (κ2) is 6.53. The predicted molar refractivity (Wildman–Crippen MR) is 79.4 cm³/mol. The van der Waals surface area contributed by atoms with Gasteiger partial charge >= 0.3 is 0 Å². The highest BCUT2D eigenvalue weighted by atomic mass is 19.1. The number of aryl methyl sites for hydroxylation is 2. The minimum absolute atomic E-state index is 0.163. The lowest BCUT2D eigenvalue weighted by molar-refractivity contribution is 0.404. The molecule has 0 aromatic heterocycles. The average Bonchev–Trinajstić information content (AvgIpc) is 2.46. The largest absolute Gasteiger partial charge is 0.496 e. The van der Waals surface area contributed by atoms with Crippen LogP contribution in [-0.2, 0) is 6.42 Å². The molecule has 1 unspecified atom stereocenters. The van der Waals surface area contributed by atoms with E-state index in [0.29, 0.717) is 18.4 Å². The Kier molecular flexibility index (Phi) is 4.74. The van der Waals surface area contributed by atoms with Gasteiger partial charge in [0.15, 0.2) is 0 Å². The summed E-state index contributed by atoms with van der Waals surface area (Å²) in [6, 6.07) is 12.6. The van der Waals surface area contributed by atoms with E-state index in [2.05, 4.69) is 0 Å². The summed E-state index contributed by atoms with van der Waals surface area (Å²) in [5.74, 6) is 0.618. The van der Waals surface area contributed by atoms with Crippen LogP contribution >= 0.6 is 0 Å². The summed E-state index contributed by atoms with van der Waals surface area (Å²) in [5.41, 5.74) is 9.06. The van der Waals surface area contributed by atoms with E-state index < -0.39 is 0 Å². The Morgan fingerprint density at radius 1 is 1.20 bits per heavy atom. The Morgan fingerprint density at radius 3 is 2.65 bits per heavy atom. The van der Waals surface area contributed by atoms with Crippen LogP contribution in [0.3, 0.4) is 0 Å². The fraction of sp³-hybridized carbons (Fsp3) is 0.294. The second-order valence-electron chi connectivity index (χ2n) is 4.98. The van der Waals surface area contributed by atoms with Gasteiger partial charge in [0, 0.05) is 11.6 Å². The van der Waals surface area contributed by atoms with E-state index in [1.807, 2.05) is 31.2 Å². The molecule has 106 valence electrons. The number of hydrogen-bond acceptors (Lipinski definition) is 2. The van der Waals surface area contributed by atoms with Crippen LogP contribution in [0.25, 0.3) is 0 Å². The first kappa shape index (κ1) is 14.5. The SMILES string of the molecule is COc1ccc(C)cc1C(N)CCc1ccccc1F. The van der Waals surface area contributed by atoms with E-state index in [1.54, 1.807) is 19.2 Å². The van der Waals surface area contributed by atoms with Crippen molar-refractivity contribution >= 4 is 0 Å². The first-order valence-electron chi connectivity index (χ1n) is 6.75. The van der Waals surface area contributed by atoms with Crippen LogP contribution in [-0.4, -0.2) is 7.11 Å². The number of methoxy groups -OCH3 is 1. The Hall–Kier alpha value is -1.87. The molecule has 0 aliphatic carbocycles. The number of hydrogen-bond donors (Lipinski definition) is 1. The second-order valence-corrected chi connectivity index (χ2v) is 4.98. The normalized spacial score (nSPS) is 12.2. The highest BCUT2D eigenvalue weighted by Crippen LogP contribution is 2.27. The van der Waals surface area contributed by atoms with Gasteiger partial charge in [-0.1, -0.05) is 35.9 Å². The quantitative estimate of drug-likeness (QED) is 0.900. The van der Waals surface area contributed by atoms with Gasteiger partial charge in [0.05, 0.1) is 7.11 Å². The molecular formula is C17H20FNO. The van der Waals surface area contributed by atoms with Crippen molar-refractivity contribution in [2.45, 2.75) is 25.8 Å². The molecule has 2 nitrogen and oxygen atoms in total. The highest BCUT2D eigenvalue weighted by Gasteiger charge is 2.13. The molecule has 20 heavy (non-hydrogen) atoms. The van der Waals surface area contributed by atoms with Crippen molar-refractivity contribution in [2.75, 3.05) is 7.11 Å². The molecule has 2 aromatic rings. The lowest BCUT2D eigenvalue weighted by atomic mass is 9.97. The molecule has 0 radical (unpaired) electrons. The summed E-state index contributed by atoms with van der Waals surface area (Å²) in [7, 11) is 1.64. The van der Waals surface area contributed by atoms with Crippen molar-refractivity contribution in [3.8, 4) is 5.75 Å². The average molecular weight is 273 g/mol. The standard InChI is InChI=1S/C17H20FNO/c1-12-7-10-17(20-2)14(11-12)16(19)9-8-13-5-3-4-6-15(13)18/h3-7,10-11,16H,8-9,19H2,1-2H3. The summed E-state index contributed by atoms with van der Waals surface area (Å²) >= 11 is 0. The third-order valence-corrected chi connectivity index (χ3v) is 3.47. The number of benzene rings is 2. The minimum Gasteiger partial charge on any atom is -0.496 e. The molecule has 0 heterocycles. The molecule has 0 bridgehead atoms. The van der Waals surface area contributed by atoms with E-state index in [9.17, 15) is 4.39 Å². The van der Waals surface area contributed by atoms with E-state index in [-0.39, 0.29) is 11.9 Å². The number of rotatable bonds is 5. The van der Waals surface area contributed by atoms with Gasteiger partial charge in [-0.3, -0.25) is 0 Å². The molecule has 3 heteroatoms. The Morgan fingerprint density at radius 2 is 1.95 bits per heavy atom. The van der Waals surface area contributed by atoms with E-state index in [1.165, 1.54) is 6.07 Å². The van der Waals surface area contributed by atoms with Crippen LogP contribution in [0.5, 0.6) is 5.75 Å². The zero-order valence-electron chi connectivity index (χ0n) is 11.9. The smallest absolute Gasteiger partial charge is 0.126 e. The molecule has 0 aliphatic heterocycles. The van der Waals surface area contributed by atoms with Crippen LogP contribution in [0, 0.1) is 12.7 Å². The maximum Gasteiger partial charge on any atom is 0.126 e. The fourth-order valence-corrected chi connectivity index (χ4v) is 2.31. The first-order chi connectivity index (χ1) is 9.61. The minimum atomic E-state index is -0.170. The van der Waals surface area contributed by atoms with Crippen LogP contribution in [0.2, 0.25) is 0 Å².